The van der Waals surface area contributed by atoms with Gasteiger partial charge in [-0.2, -0.15) is 0 Å². The third-order valence-electron chi connectivity index (χ3n) is 5.25. The number of rotatable bonds is 14. The molecule has 0 aliphatic heterocycles. The van der Waals surface area contributed by atoms with Gasteiger partial charge in [0.05, 0.1) is 0 Å². The third-order valence-corrected chi connectivity index (χ3v) is 5.84. The zero-order valence-electron chi connectivity index (χ0n) is 17.8. The first-order chi connectivity index (χ1) is 14.1. The summed E-state index contributed by atoms with van der Waals surface area (Å²) >= 11 is 8.68. The minimum absolute atomic E-state index is 0.391. The molecule has 3 N–H and O–H groups in total. The Morgan fingerprint density at radius 2 is 0.931 bits per heavy atom. The van der Waals surface area contributed by atoms with Crippen LogP contribution in [0.1, 0.15) is 62.7 Å². The molecule has 0 bridgehead atoms. The van der Waals surface area contributed by atoms with Crippen LogP contribution in [0.4, 0.5) is 0 Å². The van der Waals surface area contributed by atoms with Crippen LogP contribution in [-0.2, 0) is 0 Å². The minimum atomic E-state index is 0.391. The molecule has 2 unspecified atom stereocenters. The summed E-state index contributed by atoms with van der Waals surface area (Å²) in [6, 6.07) is 17.6. The van der Waals surface area contributed by atoms with E-state index < -0.39 is 0 Å². The van der Waals surface area contributed by atoms with E-state index in [1.807, 2.05) is 0 Å². The maximum Gasteiger partial charge on any atom is 0.0291 e. The van der Waals surface area contributed by atoms with Gasteiger partial charge in [-0.3, -0.25) is 0 Å². The maximum absolute atomic E-state index is 4.34. The fourth-order valence-corrected chi connectivity index (χ4v) is 3.57. The van der Waals surface area contributed by atoms with Crippen molar-refractivity contribution in [2.24, 2.45) is 0 Å². The van der Waals surface area contributed by atoms with Crippen molar-refractivity contribution >= 4 is 25.3 Å². The summed E-state index contributed by atoms with van der Waals surface area (Å²) in [5, 5.41) is 10.8. The smallest absolute Gasteiger partial charge is 0.0291 e. The Bertz CT molecular complexity index is 614. The zero-order valence-corrected chi connectivity index (χ0v) is 19.6. The van der Waals surface area contributed by atoms with Gasteiger partial charge in [0.25, 0.3) is 0 Å². The van der Waals surface area contributed by atoms with Crippen LogP contribution in [0.2, 0.25) is 0 Å². The van der Waals surface area contributed by atoms with Crippen molar-refractivity contribution < 1.29 is 0 Å². The van der Waals surface area contributed by atoms with Crippen LogP contribution in [0.15, 0.2) is 58.3 Å². The van der Waals surface area contributed by atoms with Crippen LogP contribution >= 0.6 is 25.3 Å². The number of hydrogen-bond acceptors (Lipinski definition) is 5. The molecule has 2 atom stereocenters. The van der Waals surface area contributed by atoms with E-state index in [-0.39, 0.29) is 0 Å². The van der Waals surface area contributed by atoms with Crippen LogP contribution in [-0.4, -0.2) is 26.2 Å². The Morgan fingerprint density at radius 3 is 1.31 bits per heavy atom. The molecule has 0 aliphatic carbocycles. The quantitative estimate of drug-likeness (QED) is 0.205. The zero-order chi connectivity index (χ0) is 20.9. The molecule has 2 aromatic rings. The summed E-state index contributed by atoms with van der Waals surface area (Å²) in [7, 11) is 0. The second kappa shape index (κ2) is 14.1. The van der Waals surface area contributed by atoms with Crippen molar-refractivity contribution in [2.75, 3.05) is 26.2 Å². The van der Waals surface area contributed by atoms with Gasteiger partial charge in [0, 0.05) is 21.9 Å². The molecule has 2 rings (SSSR count). The van der Waals surface area contributed by atoms with E-state index in [1.54, 1.807) is 0 Å². The molecule has 0 saturated carbocycles. The molecule has 160 valence electrons. The van der Waals surface area contributed by atoms with Gasteiger partial charge in [0.1, 0.15) is 0 Å². The minimum Gasteiger partial charge on any atom is -0.317 e. The average Bonchev–Trinajstić information content (AvgIpc) is 2.72. The molecule has 0 heterocycles. The molecule has 0 aromatic heterocycles. The van der Waals surface area contributed by atoms with Gasteiger partial charge in [0.15, 0.2) is 0 Å². The Morgan fingerprint density at radius 1 is 0.586 bits per heavy atom. The van der Waals surface area contributed by atoms with E-state index in [4.69, 9.17) is 0 Å². The summed E-state index contributed by atoms with van der Waals surface area (Å²) in [6.45, 7) is 8.75. The lowest BCUT2D eigenvalue weighted by atomic mass is 10.1. The van der Waals surface area contributed by atoms with Crippen molar-refractivity contribution in [3.8, 4) is 0 Å². The molecule has 0 radical (unpaired) electrons. The highest BCUT2D eigenvalue weighted by Crippen LogP contribution is 2.16. The molecular formula is C24H37N3S2. The molecule has 2 aromatic carbocycles. The van der Waals surface area contributed by atoms with Gasteiger partial charge in [-0.05, 0) is 101 Å². The highest BCUT2D eigenvalue weighted by Gasteiger charge is 2.04. The third kappa shape index (κ3) is 10.1. The Hall–Kier alpha value is -0.980. The molecule has 0 saturated heterocycles. The summed E-state index contributed by atoms with van der Waals surface area (Å²) in [4.78, 5) is 2.03. The van der Waals surface area contributed by atoms with Crippen molar-refractivity contribution in [3.05, 3.63) is 59.7 Å². The predicted molar refractivity (Wildman–Crippen MR) is 132 cm³/mol. The summed E-state index contributed by atoms with van der Waals surface area (Å²) in [6.07, 6.45) is 4.83. The lowest BCUT2D eigenvalue weighted by molar-refractivity contribution is 0.514. The summed E-state index contributed by atoms with van der Waals surface area (Å²) < 4.78 is 0. The van der Waals surface area contributed by atoms with E-state index in [0.717, 1.165) is 36.0 Å². The van der Waals surface area contributed by atoms with Gasteiger partial charge in [-0.25, -0.2) is 0 Å². The van der Waals surface area contributed by atoms with Gasteiger partial charge < -0.3 is 16.0 Å². The van der Waals surface area contributed by atoms with Crippen LogP contribution in [0, 0.1) is 0 Å². The Labute approximate surface area is 188 Å². The van der Waals surface area contributed by atoms with E-state index in [0.29, 0.717) is 12.1 Å². The summed E-state index contributed by atoms with van der Waals surface area (Å²) in [5.41, 5.74) is 2.64. The van der Waals surface area contributed by atoms with Crippen molar-refractivity contribution in [2.45, 2.75) is 61.4 Å². The Balaban J connectivity index is 1.40. The molecular weight excluding hydrogens is 394 g/mol. The maximum atomic E-state index is 4.34. The largest absolute Gasteiger partial charge is 0.317 e. The van der Waals surface area contributed by atoms with Crippen molar-refractivity contribution in [1.82, 2.24) is 16.0 Å². The predicted octanol–water partition coefficient (Wildman–Crippen LogP) is 5.42. The first-order valence-corrected chi connectivity index (χ1v) is 11.7. The first-order valence-electron chi connectivity index (χ1n) is 10.8. The lowest BCUT2D eigenvalue weighted by Crippen LogP contribution is -2.23. The van der Waals surface area contributed by atoms with Crippen LogP contribution < -0.4 is 16.0 Å². The van der Waals surface area contributed by atoms with E-state index in [2.05, 4.69) is 104 Å². The second-order valence-electron chi connectivity index (χ2n) is 7.70. The number of nitrogens with one attached hydrogen (secondary N) is 3. The number of benzene rings is 2. The highest BCUT2D eigenvalue weighted by atomic mass is 32.1. The number of hydrogen-bond donors (Lipinski definition) is 5. The normalized spacial score (nSPS) is 13.4. The van der Waals surface area contributed by atoms with Crippen LogP contribution in [0.3, 0.4) is 0 Å². The fourth-order valence-electron chi connectivity index (χ4n) is 3.27. The van der Waals surface area contributed by atoms with E-state index in [9.17, 15) is 0 Å². The topological polar surface area (TPSA) is 36.1 Å². The van der Waals surface area contributed by atoms with E-state index >= 15 is 0 Å². The first kappa shape index (κ1) is 24.3. The molecule has 0 fully saturated rings. The van der Waals surface area contributed by atoms with Crippen molar-refractivity contribution in [3.63, 3.8) is 0 Å². The van der Waals surface area contributed by atoms with Crippen LogP contribution in [0.25, 0.3) is 0 Å². The van der Waals surface area contributed by atoms with Gasteiger partial charge in [-0.15, -0.1) is 25.3 Å². The summed E-state index contributed by atoms with van der Waals surface area (Å²) in [5.74, 6) is 0. The Kier molecular flexibility index (Phi) is 11.8. The molecule has 29 heavy (non-hydrogen) atoms. The van der Waals surface area contributed by atoms with Gasteiger partial charge >= 0.3 is 0 Å². The average molecular weight is 432 g/mol. The number of unbranched alkanes of at least 4 members (excludes halogenated alkanes) is 2. The second-order valence-corrected chi connectivity index (χ2v) is 8.73. The molecule has 0 amide bonds. The standard InChI is InChI=1S/C24H37N3S2/c1-19(21-7-11-23(28)12-8-21)26-17-5-3-15-25-16-4-6-18-27-20(2)22-9-13-24(29)14-10-22/h7-14,19-20,25-29H,3-6,15-18H2,1-2H3. The number of thiol groups is 2. The molecule has 0 spiro atoms. The van der Waals surface area contributed by atoms with Crippen molar-refractivity contribution in [1.29, 1.82) is 0 Å². The van der Waals surface area contributed by atoms with Gasteiger partial charge in [0.2, 0.25) is 0 Å². The molecule has 3 nitrogen and oxygen atoms in total. The molecule has 0 aliphatic rings. The van der Waals surface area contributed by atoms with E-state index in [1.165, 1.54) is 36.8 Å². The SMILES string of the molecule is CC(NCCCCNCCCCNC(C)c1ccc(S)cc1)c1ccc(S)cc1. The molecule has 5 heteroatoms. The monoisotopic (exact) mass is 431 g/mol. The fraction of sp³-hybridized carbons (Fsp3) is 0.500. The highest BCUT2D eigenvalue weighted by molar-refractivity contribution is 7.80. The van der Waals surface area contributed by atoms with Crippen LogP contribution in [0.5, 0.6) is 0 Å². The lowest BCUT2D eigenvalue weighted by Gasteiger charge is -2.15. The van der Waals surface area contributed by atoms with Gasteiger partial charge in [-0.1, -0.05) is 24.3 Å².